The van der Waals surface area contributed by atoms with E-state index in [9.17, 15) is 0 Å². The fourth-order valence-electron chi connectivity index (χ4n) is 2.76. The predicted molar refractivity (Wildman–Crippen MR) is 97.5 cm³/mol. The summed E-state index contributed by atoms with van der Waals surface area (Å²) in [5.41, 5.74) is 1.24. The molecule has 2 rings (SSSR count). The van der Waals surface area contributed by atoms with Gasteiger partial charge in [0.1, 0.15) is 0 Å². The van der Waals surface area contributed by atoms with Crippen LogP contribution in [0.5, 0.6) is 0 Å². The van der Waals surface area contributed by atoms with Crippen LogP contribution in [0, 0.1) is 0 Å². The second-order valence-electron chi connectivity index (χ2n) is 5.70. The Morgan fingerprint density at radius 2 is 1.57 bits per heavy atom. The number of fused-ring (bicyclic) bond motifs is 1. The average Bonchev–Trinajstić information content (AvgIpc) is 2.55. The molecule has 3 nitrogen and oxygen atoms in total. The van der Waals surface area contributed by atoms with Gasteiger partial charge in [-0.1, -0.05) is 49.4 Å². The Balaban J connectivity index is 2.38. The highest BCUT2D eigenvalue weighted by molar-refractivity contribution is 6.60. The van der Waals surface area contributed by atoms with Crippen LogP contribution in [0.4, 0.5) is 0 Å². The minimum absolute atomic E-state index is 0.134. The molecule has 23 heavy (non-hydrogen) atoms. The van der Waals surface area contributed by atoms with Crippen molar-refractivity contribution in [2.24, 2.45) is 0 Å². The molecule has 0 saturated carbocycles. The molecule has 1 unspecified atom stereocenters. The van der Waals surface area contributed by atoms with Crippen molar-refractivity contribution < 1.29 is 13.3 Å². The zero-order valence-electron chi connectivity index (χ0n) is 14.7. The molecular formula is C19H28O3Si. The maximum Gasteiger partial charge on any atom is 0.505 e. The Morgan fingerprint density at radius 3 is 2.22 bits per heavy atom. The Bertz CT molecular complexity index is 603. The minimum Gasteiger partial charge on any atom is -0.374 e. The molecule has 0 aliphatic rings. The van der Waals surface area contributed by atoms with E-state index in [0.717, 1.165) is 6.42 Å². The minimum atomic E-state index is -2.74. The molecule has 0 fully saturated rings. The van der Waals surface area contributed by atoms with E-state index in [1.165, 1.54) is 16.3 Å². The van der Waals surface area contributed by atoms with E-state index in [1.54, 1.807) is 0 Å². The first-order valence-corrected chi connectivity index (χ1v) is 10.5. The molecule has 0 bridgehead atoms. The highest BCUT2D eigenvalue weighted by Gasteiger charge is 2.42. The second kappa shape index (κ2) is 8.59. The van der Waals surface area contributed by atoms with E-state index >= 15 is 0 Å². The van der Waals surface area contributed by atoms with E-state index in [1.807, 2.05) is 13.8 Å². The highest BCUT2D eigenvalue weighted by atomic mass is 28.4. The van der Waals surface area contributed by atoms with Gasteiger partial charge < -0.3 is 13.3 Å². The lowest BCUT2D eigenvalue weighted by Gasteiger charge is -2.32. The summed E-state index contributed by atoms with van der Waals surface area (Å²) in [5, 5.41) is 2.49. The van der Waals surface area contributed by atoms with Gasteiger partial charge in [0.25, 0.3) is 0 Å². The van der Waals surface area contributed by atoms with Crippen molar-refractivity contribution >= 4 is 19.6 Å². The molecule has 0 amide bonds. The third kappa shape index (κ3) is 4.64. The van der Waals surface area contributed by atoms with Gasteiger partial charge >= 0.3 is 8.80 Å². The van der Waals surface area contributed by atoms with E-state index in [0.29, 0.717) is 19.3 Å². The Labute approximate surface area is 140 Å². The van der Waals surface area contributed by atoms with Crippen LogP contribution < -0.4 is 0 Å². The van der Waals surface area contributed by atoms with Crippen LogP contribution in [0.15, 0.2) is 42.5 Å². The topological polar surface area (TPSA) is 27.7 Å². The molecule has 0 N–H and O–H groups in total. The molecule has 0 spiro atoms. The van der Waals surface area contributed by atoms with Gasteiger partial charge in [-0.15, -0.1) is 0 Å². The summed E-state index contributed by atoms with van der Waals surface area (Å²) in [6, 6.07) is 15.5. The molecule has 0 aliphatic carbocycles. The predicted octanol–water partition coefficient (Wildman–Crippen LogP) is 4.75. The van der Waals surface area contributed by atoms with Crippen LogP contribution in [-0.4, -0.2) is 28.1 Å². The smallest absolute Gasteiger partial charge is 0.374 e. The van der Waals surface area contributed by atoms with Crippen molar-refractivity contribution in [3.63, 3.8) is 0 Å². The Hall–Kier alpha value is -1.20. The summed E-state index contributed by atoms with van der Waals surface area (Å²) < 4.78 is 18.5. The van der Waals surface area contributed by atoms with Crippen molar-refractivity contribution in [1.29, 1.82) is 0 Å². The fourth-order valence-corrected chi connectivity index (χ4v) is 5.70. The monoisotopic (exact) mass is 332 g/mol. The fraction of sp³-hybridized carbons (Fsp3) is 0.474. The molecule has 126 valence electrons. The van der Waals surface area contributed by atoms with E-state index in [2.05, 4.69) is 56.3 Å². The third-order valence-electron chi connectivity index (χ3n) is 3.97. The van der Waals surface area contributed by atoms with Crippen LogP contribution >= 0.6 is 0 Å². The highest BCUT2D eigenvalue weighted by Crippen LogP contribution is 2.25. The van der Waals surface area contributed by atoms with Gasteiger partial charge in [-0.25, -0.2) is 0 Å². The van der Waals surface area contributed by atoms with E-state index in [-0.39, 0.29) is 6.10 Å². The van der Waals surface area contributed by atoms with E-state index < -0.39 is 8.80 Å². The van der Waals surface area contributed by atoms with Gasteiger partial charge in [0.15, 0.2) is 0 Å². The standard InChI is InChI=1S/C19H28O3Si/c1-5-16(4)22-23(20-6-2,21-7-3)15-18-13-10-12-17-11-8-9-14-19(17)18/h8-14,16H,5-7,15H2,1-4H3. The lowest BCUT2D eigenvalue weighted by molar-refractivity contribution is 0.0364. The van der Waals surface area contributed by atoms with Crippen LogP contribution in [-0.2, 0) is 19.3 Å². The number of rotatable bonds is 9. The third-order valence-corrected chi connectivity index (χ3v) is 7.00. The summed E-state index contributed by atoms with van der Waals surface area (Å²) in [6.07, 6.45) is 1.08. The van der Waals surface area contributed by atoms with Gasteiger partial charge in [-0.2, -0.15) is 0 Å². The van der Waals surface area contributed by atoms with E-state index in [4.69, 9.17) is 13.3 Å². The maximum absolute atomic E-state index is 6.32. The lowest BCUT2D eigenvalue weighted by atomic mass is 10.1. The molecular weight excluding hydrogens is 304 g/mol. The average molecular weight is 333 g/mol. The van der Waals surface area contributed by atoms with Gasteiger partial charge in [0.2, 0.25) is 0 Å². The molecule has 0 radical (unpaired) electrons. The number of hydrogen-bond donors (Lipinski definition) is 0. The largest absolute Gasteiger partial charge is 0.505 e. The SMILES string of the molecule is CCO[Si](Cc1cccc2ccccc12)(OCC)OC(C)CC. The quantitative estimate of drug-likeness (QED) is 0.620. The van der Waals surface area contributed by atoms with Gasteiger partial charge in [0.05, 0.1) is 0 Å². The van der Waals surface area contributed by atoms with Crippen molar-refractivity contribution in [3.05, 3.63) is 48.0 Å². The molecule has 0 saturated heterocycles. The maximum atomic E-state index is 6.32. The second-order valence-corrected chi connectivity index (χ2v) is 8.23. The summed E-state index contributed by atoms with van der Waals surface area (Å²) >= 11 is 0. The van der Waals surface area contributed by atoms with Crippen LogP contribution in [0.25, 0.3) is 10.8 Å². The van der Waals surface area contributed by atoms with Gasteiger partial charge in [0, 0.05) is 25.4 Å². The first-order valence-electron chi connectivity index (χ1n) is 8.56. The zero-order chi connectivity index (χ0) is 16.7. The Morgan fingerprint density at radius 1 is 0.913 bits per heavy atom. The van der Waals surface area contributed by atoms with Crippen LogP contribution in [0.1, 0.15) is 39.7 Å². The molecule has 0 aromatic heterocycles. The molecule has 4 heteroatoms. The van der Waals surface area contributed by atoms with Crippen LogP contribution in [0.3, 0.4) is 0 Å². The number of hydrogen-bond acceptors (Lipinski definition) is 3. The molecule has 1 atom stereocenters. The van der Waals surface area contributed by atoms with Crippen molar-refractivity contribution in [1.82, 2.24) is 0 Å². The first-order chi connectivity index (χ1) is 11.1. The van der Waals surface area contributed by atoms with Crippen molar-refractivity contribution in [3.8, 4) is 0 Å². The summed E-state index contributed by atoms with van der Waals surface area (Å²) in [5.74, 6) is 0. The molecule has 0 heterocycles. The normalized spacial score (nSPS) is 13.4. The lowest BCUT2D eigenvalue weighted by Crippen LogP contribution is -2.50. The van der Waals surface area contributed by atoms with Gasteiger partial charge in [-0.05, 0) is 43.5 Å². The molecule has 2 aromatic carbocycles. The molecule has 2 aromatic rings. The summed E-state index contributed by atoms with van der Waals surface area (Å²) in [6.45, 7) is 9.43. The zero-order valence-corrected chi connectivity index (χ0v) is 15.7. The van der Waals surface area contributed by atoms with Crippen molar-refractivity contribution in [2.75, 3.05) is 13.2 Å². The Kier molecular flexibility index (Phi) is 6.78. The van der Waals surface area contributed by atoms with Crippen LogP contribution in [0.2, 0.25) is 0 Å². The first kappa shape index (κ1) is 18.1. The molecule has 0 aliphatic heterocycles. The number of benzene rings is 2. The van der Waals surface area contributed by atoms with Gasteiger partial charge in [-0.3, -0.25) is 0 Å². The summed E-state index contributed by atoms with van der Waals surface area (Å²) in [4.78, 5) is 0. The van der Waals surface area contributed by atoms with Crippen molar-refractivity contribution in [2.45, 2.75) is 46.3 Å². The summed E-state index contributed by atoms with van der Waals surface area (Å²) in [7, 11) is -2.74.